The molecule has 0 aromatic carbocycles. The SMILES string of the molecule is [C-]#N.[C-]#N.[C-]#N.[C-]#N.[C-]#N.[C-]#N.[C-]#N.[C-]#N.[C-]#N.[C-]#N.[C-]#N.[C-]#N.[Fe+2].[Fe+2].[Fe]=[Fe].[Fe]=[Fe]. The Morgan fingerprint density at radius 2 is 0.200 bits per heavy atom. The van der Waals surface area contributed by atoms with Crippen molar-refractivity contribution in [1.29, 1.82) is 63.1 Å². The van der Waals surface area contributed by atoms with Gasteiger partial charge in [0, 0.05) is 0 Å². The van der Waals surface area contributed by atoms with Crippen LogP contribution in [0.15, 0.2) is 0 Å². The van der Waals surface area contributed by atoms with Gasteiger partial charge in [0.05, 0.1) is 0 Å². The summed E-state index contributed by atoms with van der Waals surface area (Å²) in [6, 6.07) is 0. The Hall–Kier alpha value is -3.00. The van der Waals surface area contributed by atoms with Crippen LogP contribution in [0.1, 0.15) is 0 Å². The van der Waals surface area contributed by atoms with Crippen molar-refractivity contribution in [2.45, 2.75) is 0 Å². The third-order valence-corrected chi connectivity index (χ3v) is 0. The molecule has 0 aromatic rings. The van der Waals surface area contributed by atoms with Gasteiger partial charge in [-0.1, -0.05) is 0 Å². The minimum absolute atomic E-state index is 0. The zero-order chi connectivity index (χ0) is 28.0. The number of nitrogens with zero attached hydrogens (tertiary/aromatic N) is 12. The Morgan fingerprint density at radius 3 is 0.200 bits per heavy atom. The first-order chi connectivity index (χ1) is 14.0. The predicted octanol–water partition coefficient (Wildman–Crippen LogP) is 1.14. The van der Waals surface area contributed by atoms with Crippen LogP contribution < -0.4 is 0 Å². The zero-order valence-corrected chi connectivity index (χ0v) is 20.1. The van der Waals surface area contributed by atoms with Crippen molar-refractivity contribution < 1.29 is 88.7 Å². The third kappa shape index (κ3) is 1600. The van der Waals surface area contributed by atoms with E-state index >= 15 is 0 Å². The molecule has 0 saturated carbocycles. The van der Waals surface area contributed by atoms with Gasteiger partial charge in [-0.15, -0.1) is 0 Å². The van der Waals surface area contributed by atoms with Crippen molar-refractivity contribution in [1.82, 2.24) is 0 Å². The molecule has 0 rings (SSSR count). The van der Waals surface area contributed by atoms with Crippen LogP contribution in [-0.4, -0.2) is 0 Å². The van der Waals surface area contributed by atoms with Crippen LogP contribution in [0.4, 0.5) is 0 Å². The Balaban J connectivity index is -0.00000000500. The Kier molecular flexibility index (Phi) is 9060. The molecular weight excluding hydrogens is 647 g/mol. The van der Waals surface area contributed by atoms with Gasteiger partial charge in [-0.25, -0.2) is 0 Å². The first kappa shape index (κ1) is 151. The van der Waals surface area contributed by atoms with Crippen molar-refractivity contribution in [3.8, 4) is 0 Å². The second-order valence-electron chi connectivity index (χ2n) is 0. The summed E-state index contributed by atoms with van der Waals surface area (Å²) in [7, 11) is 0. The first-order valence-electron chi connectivity index (χ1n) is 2.93. The van der Waals surface area contributed by atoms with Gasteiger partial charge in [0.1, 0.15) is 0 Å². The summed E-state index contributed by atoms with van der Waals surface area (Å²) in [5.74, 6) is 0. The van der Waals surface area contributed by atoms with Crippen LogP contribution in [0.5, 0.6) is 0 Å². The molecule has 0 fully saturated rings. The van der Waals surface area contributed by atoms with Crippen LogP contribution in [0.25, 0.3) is 0 Å². The van der Waals surface area contributed by atoms with E-state index in [1.807, 2.05) is 0 Å². The molecule has 0 spiro atoms. The van der Waals surface area contributed by atoms with Crippen LogP contribution >= 0.6 is 0 Å². The van der Waals surface area contributed by atoms with E-state index in [1.165, 1.54) is 0 Å². The van der Waals surface area contributed by atoms with Gasteiger partial charge < -0.3 is 142 Å². The maximum atomic E-state index is 6.25. The summed E-state index contributed by atoms with van der Waals surface area (Å²) >= 11 is 12.0. The van der Waals surface area contributed by atoms with E-state index in [-0.39, 0.29) is 34.1 Å². The Morgan fingerprint density at radius 1 is 0.200 bits per heavy atom. The molecule has 0 saturated heterocycles. The van der Waals surface area contributed by atoms with Crippen LogP contribution in [0.3, 0.4) is 0 Å². The molecule has 164 valence electrons. The molecule has 0 aliphatic carbocycles. The molecule has 0 amide bonds. The molecule has 12 nitrogen and oxygen atoms in total. The Labute approximate surface area is 228 Å². The van der Waals surface area contributed by atoms with Crippen molar-refractivity contribution in [3.63, 3.8) is 0 Å². The van der Waals surface area contributed by atoms with E-state index in [4.69, 9.17) is 142 Å². The fourth-order valence-corrected chi connectivity index (χ4v) is 0. The number of hydrogen-bond donors (Lipinski definition) is 0. The van der Waals surface area contributed by atoms with Gasteiger partial charge in [-0.05, 0) is 0 Å². The number of rotatable bonds is 0. The standard InChI is InChI=1S/12CN.6Fe/c12*1-2;;;;;;/q12*-1;;;;;2*+2. The summed E-state index contributed by atoms with van der Waals surface area (Å²) in [6.45, 7) is 57.0. The van der Waals surface area contributed by atoms with Gasteiger partial charge in [0.2, 0.25) is 0 Å². The average molecular weight is 647 g/mol. The second kappa shape index (κ2) is 1800. The van der Waals surface area contributed by atoms with Gasteiger partial charge in [-0.2, -0.15) is 0 Å². The van der Waals surface area contributed by atoms with Gasteiger partial charge in [0.15, 0.2) is 0 Å². The van der Waals surface area contributed by atoms with E-state index in [9.17, 15) is 0 Å². The molecule has 0 aliphatic heterocycles. The molecule has 0 bridgehead atoms. The third-order valence-electron chi connectivity index (χ3n) is 0. The van der Waals surface area contributed by atoms with E-state index in [0.29, 0.717) is 0 Å². The molecule has 18 heteroatoms. The molecule has 0 N–H and O–H groups in total. The monoisotopic (exact) mass is 648 g/mol. The van der Waals surface area contributed by atoms with Crippen molar-refractivity contribution in [2.75, 3.05) is 0 Å². The summed E-state index contributed by atoms with van der Waals surface area (Å²) < 4.78 is 0. The summed E-state index contributed by atoms with van der Waals surface area (Å²) in [5.41, 5.74) is 0. The van der Waals surface area contributed by atoms with E-state index < -0.39 is 0 Å². The first-order valence-corrected chi connectivity index (χ1v) is 6.93. The normalized spacial score (nSPS) is 1.20. The molecule has 0 aliphatic rings. The van der Waals surface area contributed by atoms with Crippen molar-refractivity contribution >= 4 is 0 Å². The zero-order valence-electron chi connectivity index (χ0n) is 13.5. The second-order valence-corrected chi connectivity index (χ2v) is 0. The van der Waals surface area contributed by atoms with Gasteiger partial charge in [-0.3, -0.25) is 0 Å². The van der Waals surface area contributed by atoms with E-state index in [2.05, 4.69) is 54.6 Å². The van der Waals surface area contributed by atoms with E-state index in [1.54, 1.807) is 0 Å². The van der Waals surface area contributed by atoms with Gasteiger partial charge in [0.25, 0.3) is 0 Å². The van der Waals surface area contributed by atoms with E-state index in [0.717, 1.165) is 0 Å². The predicted molar refractivity (Wildman–Crippen MR) is 59.6 cm³/mol. The Bertz CT molecular complexity index is 256. The van der Waals surface area contributed by atoms with Gasteiger partial charge >= 0.3 is 88.7 Å². The molecular formula is C12Fe6N12-8. The number of hydrogen-bond acceptors (Lipinski definition) is 12. The van der Waals surface area contributed by atoms with Crippen LogP contribution in [0.2, 0.25) is 0 Å². The fourth-order valence-electron chi connectivity index (χ4n) is 0. The summed E-state index contributed by atoms with van der Waals surface area (Å²) in [4.78, 5) is 0. The molecule has 0 heterocycles. The molecule has 0 unspecified atom stereocenters. The molecule has 0 radical (unpaired) electrons. The maximum absolute atomic E-state index is 6.25. The summed E-state index contributed by atoms with van der Waals surface area (Å²) in [6.07, 6.45) is 0. The average Bonchev–Trinajstić information content (AvgIpc) is 2.95. The van der Waals surface area contributed by atoms with Crippen molar-refractivity contribution in [2.24, 2.45) is 0 Å². The topological polar surface area (TPSA) is 285 Å². The van der Waals surface area contributed by atoms with Crippen LogP contribution in [-0.2, 0) is 88.7 Å². The van der Waals surface area contributed by atoms with Crippen molar-refractivity contribution in [3.05, 3.63) is 78.9 Å². The molecule has 30 heavy (non-hydrogen) atoms. The minimum atomic E-state index is 0. The van der Waals surface area contributed by atoms with Crippen LogP contribution in [0, 0.1) is 142 Å². The fraction of sp³-hybridized carbons (Fsp3) is 0. The quantitative estimate of drug-likeness (QED) is 0.264. The summed E-state index contributed by atoms with van der Waals surface area (Å²) in [5, 5.41) is 75.0. The molecule has 0 atom stereocenters. The molecule has 0 aromatic heterocycles.